The molecular weight excluding hydrogens is 1210 g/mol. The predicted molar refractivity (Wildman–Crippen MR) is 274 cm³/mol. The molecule has 0 saturated heterocycles. The van der Waals surface area contributed by atoms with Gasteiger partial charge in [0.05, 0.1) is 0 Å². The second-order valence-corrected chi connectivity index (χ2v) is 30.9. The molecule has 0 aliphatic rings. The molecule has 0 heterocycles. The van der Waals surface area contributed by atoms with Crippen LogP contribution in [0.5, 0.6) is 0 Å². The molecule has 0 radical (unpaired) electrons. The van der Waals surface area contributed by atoms with E-state index >= 15 is 0 Å². The molecule has 8 aromatic rings. The van der Waals surface area contributed by atoms with Gasteiger partial charge in [-0.25, -0.2) is 0 Å². The van der Waals surface area contributed by atoms with Crippen LogP contribution in [0.15, 0.2) is 248 Å². The molecule has 0 atom stereocenters. The van der Waals surface area contributed by atoms with Crippen LogP contribution in [0.3, 0.4) is 0 Å². The number of halogens is 10. The third-order valence-electron chi connectivity index (χ3n) is 10.8. The zero-order valence-electron chi connectivity index (χ0n) is 37.8. The molecule has 24 heteroatoms. The van der Waals surface area contributed by atoms with Crippen molar-refractivity contribution in [1.82, 2.24) is 0 Å². The molecule has 0 amide bonds. The van der Waals surface area contributed by atoms with Crippen LogP contribution in [0.25, 0.3) is 22.3 Å². The summed E-state index contributed by atoms with van der Waals surface area (Å²) in [6.45, 7) is 0. The first-order chi connectivity index (χ1) is 35.3. The molecular formula is C51H36F9IO9S5. The van der Waals surface area contributed by atoms with Gasteiger partial charge < -0.3 is 0 Å². The van der Waals surface area contributed by atoms with Gasteiger partial charge in [-0.2, -0.15) is 26.3 Å². The van der Waals surface area contributed by atoms with Gasteiger partial charge in [-0.1, -0.05) is 24.3 Å². The van der Waals surface area contributed by atoms with Crippen molar-refractivity contribution in [3.63, 3.8) is 0 Å². The van der Waals surface area contributed by atoms with Gasteiger partial charge in [0.2, 0.25) is 0 Å². The van der Waals surface area contributed by atoms with Crippen LogP contribution in [-0.2, 0) is 40.1 Å². The summed E-state index contributed by atoms with van der Waals surface area (Å²) in [7, 11) is -25.8. The van der Waals surface area contributed by atoms with Crippen LogP contribution in [0, 0.1) is 7.14 Å². The van der Waals surface area contributed by atoms with E-state index in [4.69, 9.17) is 9.77 Å². The number of rotatable bonds is 16. The van der Waals surface area contributed by atoms with E-state index < -0.39 is 87.7 Å². The maximum atomic E-state index is 14.0. The Hall–Kier alpha value is -5.71. The van der Waals surface area contributed by atoms with Crippen LogP contribution in [0.1, 0.15) is 0 Å². The van der Waals surface area contributed by atoms with Gasteiger partial charge in [0.25, 0.3) is 0 Å². The van der Waals surface area contributed by atoms with Gasteiger partial charge >= 0.3 is 389 Å². The van der Waals surface area contributed by atoms with Crippen molar-refractivity contribution in [2.75, 3.05) is 0 Å². The van der Waals surface area contributed by atoms with Crippen molar-refractivity contribution in [2.45, 2.75) is 45.9 Å². The van der Waals surface area contributed by atoms with Gasteiger partial charge in [-0.05, 0) is 0 Å². The van der Waals surface area contributed by atoms with Crippen molar-refractivity contribution in [3.8, 4) is 22.3 Å². The minimum atomic E-state index is -6.20. The molecule has 0 unspecified atom stereocenters. The third-order valence-corrected chi connectivity index (χ3v) is 27.7. The molecule has 0 fully saturated rings. The molecule has 0 N–H and O–H groups in total. The van der Waals surface area contributed by atoms with E-state index in [1.165, 1.54) is 194 Å². The number of hydrogen-bond acceptors (Lipinski definition) is 9. The van der Waals surface area contributed by atoms with Crippen LogP contribution in [0.4, 0.5) is 39.5 Å². The number of hydrogen-bond donors (Lipinski definition) is 0. The van der Waals surface area contributed by atoms with Crippen molar-refractivity contribution in [3.05, 3.63) is 226 Å². The van der Waals surface area contributed by atoms with Gasteiger partial charge in [0.15, 0.2) is 0 Å². The molecule has 8 rings (SSSR count). The molecule has 0 aliphatic carbocycles. The Morgan fingerprint density at radius 2 is 0.493 bits per heavy atom. The van der Waals surface area contributed by atoms with E-state index in [2.05, 4.69) is 0 Å². The summed E-state index contributed by atoms with van der Waals surface area (Å²) in [4.78, 5) is 0.622. The standard InChI is InChI=1S/C51H36F9IO9S5/c52-49(53,54)73(62,63)68-61(41-29-21-37(22-30-41)39-25-33-47(34-26-39)71(43-13-5-1-6-14-43,44-15-7-2-8-16-44)69-74(64,65)50(55,56)57)42-31-23-38(24-32-42)40-27-35-48(36-28-40)72(45-17-9-3-10-18-45,46-19-11-4-12-20-46)70-75(66,67)51(58,59)60/h1-36H. The van der Waals surface area contributed by atoms with E-state index in [0.29, 0.717) is 22.3 Å². The Labute approximate surface area is 436 Å². The molecule has 0 spiro atoms. The Bertz CT molecular complexity index is 3300. The normalized spacial score (nSPS) is 13.7. The number of alkyl halides is 9. The predicted octanol–water partition coefficient (Wildman–Crippen LogP) is 15.5. The first kappa shape index (κ1) is 55.5. The fourth-order valence-corrected chi connectivity index (χ4v) is 23.2. The Morgan fingerprint density at radius 3 is 0.720 bits per heavy atom. The SMILES string of the molecule is O=S(=O)(OI(c1ccc(-c2ccc(S(OS(=O)(=O)C(F)(F)F)(c3ccccc3)c3ccccc3)cc2)cc1)c1ccc(-c2ccc(S(OS(=O)(=O)C(F)(F)F)(c3ccccc3)c3ccccc3)cc2)cc1)C(F)(F)F. The second kappa shape index (κ2) is 21.4. The first-order valence-electron chi connectivity index (χ1n) is 21.3. The second-order valence-electron chi connectivity index (χ2n) is 15.6. The first-order valence-corrected chi connectivity index (χ1v) is 31.7. The Kier molecular flexibility index (Phi) is 15.8. The molecule has 0 aromatic heterocycles. The van der Waals surface area contributed by atoms with E-state index in [1.807, 2.05) is 0 Å². The molecule has 0 saturated carbocycles. The van der Waals surface area contributed by atoms with Crippen molar-refractivity contribution >= 4 is 71.2 Å². The summed E-state index contributed by atoms with van der Waals surface area (Å²) in [6.07, 6.45) is 0. The summed E-state index contributed by atoms with van der Waals surface area (Å²) < 4.78 is 218. The summed E-state index contributed by atoms with van der Waals surface area (Å²) in [5, 5.41) is 0. The van der Waals surface area contributed by atoms with Crippen LogP contribution in [0.2, 0.25) is 0 Å². The third kappa shape index (κ3) is 11.4. The quantitative estimate of drug-likeness (QED) is 0.0527. The molecule has 75 heavy (non-hydrogen) atoms. The monoisotopic (exact) mass is 1250 g/mol. The zero-order valence-corrected chi connectivity index (χ0v) is 44.0. The van der Waals surface area contributed by atoms with Crippen molar-refractivity contribution < 1.29 is 74.5 Å². The van der Waals surface area contributed by atoms with Gasteiger partial charge in [0.1, 0.15) is 0 Å². The summed E-state index contributed by atoms with van der Waals surface area (Å²) in [5.41, 5.74) is -15.7. The minimum absolute atomic E-state index is 0.0608. The van der Waals surface area contributed by atoms with E-state index in [1.54, 1.807) is 24.3 Å². The van der Waals surface area contributed by atoms with Gasteiger partial charge in [0, 0.05) is 0 Å². The van der Waals surface area contributed by atoms with Gasteiger partial charge in [-0.3, -0.25) is 0 Å². The average Bonchev–Trinajstić information content (AvgIpc) is 3.41. The summed E-state index contributed by atoms with van der Waals surface area (Å²) in [5.74, 6) is 0. The van der Waals surface area contributed by atoms with Gasteiger partial charge in [-0.15, -0.1) is 0 Å². The van der Waals surface area contributed by atoms with Crippen molar-refractivity contribution in [1.29, 1.82) is 0 Å². The Morgan fingerprint density at radius 1 is 0.280 bits per heavy atom. The molecule has 8 aromatic carbocycles. The van der Waals surface area contributed by atoms with Crippen LogP contribution < -0.4 is 0 Å². The molecule has 9 nitrogen and oxygen atoms in total. The molecule has 0 bridgehead atoms. The van der Waals surface area contributed by atoms with E-state index in [-0.39, 0.29) is 36.5 Å². The zero-order chi connectivity index (χ0) is 54.1. The van der Waals surface area contributed by atoms with Crippen LogP contribution in [-0.4, -0.2) is 41.8 Å². The molecule has 394 valence electrons. The van der Waals surface area contributed by atoms with E-state index in [0.717, 1.165) is 0 Å². The molecule has 0 aliphatic heterocycles. The topological polar surface area (TPSA) is 130 Å². The average molecular weight is 1250 g/mol. The fraction of sp³-hybridized carbons (Fsp3) is 0.0588. The van der Waals surface area contributed by atoms with Crippen molar-refractivity contribution in [2.24, 2.45) is 0 Å². The number of benzene rings is 8. The summed E-state index contributed by atoms with van der Waals surface area (Å²) >= 11 is -4.05. The van der Waals surface area contributed by atoms with Crippen LogP contribution >= 0.6 is 40.9 Å². The fourth-order valence-electron chi connectivity index (χ4n) is 7.36. The Balaban J connectivity index is 1.13. The summed E-state index contributed by atoms with van der Waals surface area (Å²) in [6, 6.07) is 52.9. The van der Waals surface area contributed by atoms with E-state index in [9.17, 15) is 64.8 Å². The maximum absolute atomic E-state index is 14.0.